The van der Waals surface area contributed by atoms with Crippen molar-refractivity contribution in [3.05, 3.63) is 69.8 Å². The van der Waals surface area contributed by atoms with Crippen molar-refractivity contribution in [1.82, 2.24) is 5.43 Å². The first-order valence-corrected chi connectivity index (χ1v) is 8.73. The van der Waals surface area contributed by atoms with Crippen molar-refractivity contribution in [2.45, 2.75) is 6.10 Å². The van der Waals surface area contributed by atoms with Gasteiger partial charge in [-0.05, 0) is 11.6 Å². The first kappa shape index (κ1) is 19.5. The predicted octanol–water partition coefficient (Wildman–Crippen LogP) is 1.62. The second kappa shape index (κ2) is 9.07. The van der Waals surface area contributed by atoms with Crippen LogP contribution in [0.5, 0.6) is 0 Å². The van der Waals surface area contributed by atoms with Crippen LogP contribution in [0.25, 0.3) is 0 Å². The Morgan fingerprint density at radius 2 is 1.96 bits per heavy atom. The van der Waals surface area contributed by atoms with E-state index in [-0.39, 0.29) is 5.69 Å². The maximum atomic E-state index is 12.0. The van der Waals surface area contributed by atoms with Gasteiger partial charge in [0.15, 0.2) is 6.10 Å². The molecule has 146 valence electrons. The number of rotatable bonds is 6. The van der Waals surface area contributed by atoms with Gasteiger partial charge in [0.2, 0.25) is 0 Å². The predicted molar refractivity (Wildman–Crippen MR) is 103 cm³/mol. The molecular weight excluding hydrogens is 364 g/mol. The molecule has 0 bridgehead atoms. The molecular formula is C19H20N4O5. The average Bonchev–Trinajstić information content (AvgIpc) is 2.74. The Balaban J connectivity index is 1.69. The summed E-state index contributed by atoms with van der Waals surface area (Å²) in [5.74, 6) is -0.693. The molecule has 1 saturated heterocycles. The fourth-order valence-electron chi connectivity index (χ4n) is 2.86. The van der Waals surface area contributed by atoms with E-state index in [0.29, 0.717) is 43.1 Å². The number of ether oxygens (including phenoxy) is 1. The number of nitro benzene ring substituents is 1. The number of hydrazone groups is 1. The van der Waals surface area contributed by atoms with E-state index in [1.807, 2.05) is 4.90 Å². The minimum absolute atomic E-state index is 0.0403. The number of carbonyl (C=O) groups is 1. The highest BCUT2D eigenvalue weighted by Gasteiger charge is 2.21. The summed E-state index contributed by atoms with van der Waals surface area (Å²) in [6, 6.07) is 13.2. The van der Waals surface area contributed by atoms with Crippen molar-refractivity contribution < 1.29 is 19.6 Å². The van der Waals surface area contributed by atoms with Gasteiger partial charge in [0, 0.05) is 24.7 Å². The van der Waals surface area contributed by atoms with Crippen LogP contribution in [-0.2, 0) is 9.53 Å². The molecule has 0 spiro atoms. The molecule has 0 saturated carbocycles. The number of carbonyl (C=O) groups excluding carboxylic acids is 1. The topological polar surface area (TPSA) is 117 Å². The van der Waals surface area contributed by atoms with E-state index < -0.39 is 16.9 Å². The van der Waals surface area contributed by atoms with Gasteiger partial charge in [-0.2, -0.15) is 5.10 Å². The second-order valence-electron chi connectivity index (χ2n) is 6.15. The molecule has 1 amide bonds. The molecule has 3 rings (SSSR count). The molecule has 1 fully saturated rings. The molecule has 1 atom stereocenters. The Bertz CT molecular complexity index is 866. The molecule has 9 nitrogen and oxygen atoms in total. The molecule has 9 heteroatoms. The standard InChI is InChI=1S/C19H20N4O5/c24-18(15-4-2-1-3-5-15)19(25)21-20-13-14-6-7-16(17(12-14)23(26)27)22-8-10-28-11-9-22/h1-7,12-13,18,24H,8-11H2,(H,21,25)/b20-13-/t18-/m0/s1. The minimum Gasteiger partial charge on any atom is -0.378 e. The number of hydrogen-bond acceptors (Lipinski definition) is 7. The summed E-state index contributed by atoms with van der Waals surface area (Å²) in [5, 5.41) is 25.2. The van der Waals surface area contributed by atoms with Gasteiger partial charge in [-0.15, -0.1) is 0 Å². The van der Waals surface area contributed by atoms with Crippen LogP contribution in [-0.4, -0.2) is 48.5 Å². The van der Waals surface area contributed by atoms with Crippen molar-refractivity contribution >= 4 is 23.5 Å². The number of amides is 1. The zero-order valence-electron chi connectivity index (χ0n) is 15.0. The van der Waals surface area contributed by atoms with E-state index >= 15 is 0 Å². The Labute approximate surface area is 161 Å². The first-order chi connectivity index (χ1) is 13.6. The Kier molecular flexibility index (Phi) is 6.30. The van der Waals surface area contributed by atoms with Crippen molar-refractivity contribution in [3.8, 4) is 0 Å². The number of benzene rings is 2. The molecule has 2 aromatic carbocycles. The van der Waals surface area contributed by atoms with E-state index in [2.05, 4.69) is 10.5 Å². The summed E-state index contributed by atoms with van der Waals surface area (Å²) >= 11 is 0. The van der Waals surface area contributed by atoms with Crippen LogP contribution in [0, 0.1) is 10.1 Å². The van der Waals surface area contributed by atoms with Gasteiger partial charge in [0.1, 0.15) is 5.69 Å². The molecule has 0 unspecified atom stereocenters. The molecule has 2 aromatic rings. The Hall–Kier alpha value is -3.30. The highest BCUT2D eigenvalue weighted by molar-refractivity contribution is 5.86. The summed E-state index contributed by atoms with van der Waals surface area (Å²) in [6.07, 6.45) is -0.0532. The first-order valence-electron chi connectivity index (χ1n) is 8.73. The summed E-state index contributed by atoms with van der Waals surface area (Å²) < 4.78 is 5.28. The third-order valence-electron chi connectivity index (χ3n) is 4.30. The van der Waals surface area contributed by atoms with E-state index in [4.69, 9.17) is 4.74 Å². The van der Waals surface area contributed by atoms with Gasteiger partial charge in [-0.3, -0.25) is 14.9 Å². The third kappa shape index (κ3) is 4.70. The zero-order chi connectivity index (χ0) is 19.9. The van der Waals surface area contributed by atoms with Crippen molar-refractivity contribution in [2.75, 3.05) is 31.2 Å². The van der Waals surface area contributed by atoms with Gasteiger partial charge in [-0.1, -0.05) is 36.4 Å². The number of nitrogens with one attached hydrogen (secondary N) is 1. The lowest BCUT2D eigenvalue weighted by Crippen LogP contribution is -2.36. The van der Waals surface area contributed by atoms with E-state index in [1.165, 1.54) is 12.3 Å². The van der Waals surface area contributed by atoms with E-state index in [1.54, 1.807) is 42.5 Å². The average molecular weight is 384 g/mol. The van der Waals surface area contributed by atoms with E-state index in [0.717, 1.165) is 0 Å². The van der Waals surface area contributed by atoms with Crippen LogP contribution in [0.2, 0.25) is 0 Å². The van der Waals surface area contributed by atoms with Gasteiger partial charge in [0.25, 0.3) is 11.6 Å². The summed E-state index contributed by atoms with van der Waals surface area (Å²) in [7, 11) is 0. The number of hydrogen-bond donors (Lipinski definition) is 2. The number of anilines is 1. The number of aliphatic hydroxyl groups excluding tert-OH is 1. The van der Waals surface area contributed by atoms with Gasteiger partial charge in [-0.25, -0.2) is 5.43 Å². The summed E-state index contributed by atoms with van der Waals surface area (Å²) in [5.41, 5.74) is 3.62. The van der Waals surface area contributed by atoms with Crippen LogP contribution in [0.3, 0.4) is 0 Å². The van der Waals surface area contributed by atoms with Crippen molar-refractivity contribution in [3.63, 3.8) is 0 Å². The van der Waals surface area contributed by atoms with Gasteiger partial charge < -0.3 is 14.7 Å². The van der Waals surface area contributed by atoms with E-state index in [9.17, 15) is 20.0 Å². The number of aliphatic hydroxyl groups is 1. The molecule has 1 heterocycles. The molecule has 28 heavy (non-hydrogen) atoms. The maximum absolute atomic E-state index is 12.0. The zero-order valence-corrected chi connectivity index (χ0v) is 15.0. The molecule has 2 N–H and O–H groups in total. The molecule has 0 aliphatic carbocycles. The van der Waals surface area contributed by atoms with Crippen LogP contribution >= 0.6 is 0 Å². The maximum Gasteiger partial charge on any atom is 0.293 e. The van der Waals surface area contributed by atoms with Crippen molar-refractivity contribution in [1.29, 1.82) is 0 Å². The SMILES string of the molecule is O=C(N/N=C\c1ccc(N2CCOCC2)c([N+](=O)[O-])c1)[C@@H](O)c1ccccc1. The number of nitro groups is 1. The Morgan fingerprint density at radius 3 is 2.64 bits per heavy atom. The number of morpholine rings is 1. The fraction of sp³-hybridized carbons (Fsp3) is 0.263. The highest BCUT2D eigenvalue weighted by Crippen LogP contribution is 2.29. The van der Waals surface area contributed by atoms with Crippen molar-refractivity contribution in [2.24, 2.45) is 5.10 Å². The third-order valence-corrected chi connectivity index (χ3v) is 4.30. The molecule has 1 aliphatic rings. The normalized spacial score (nSPS) is 15.4. The molecule has 1 aliphatic heterocycles. The van der Waals surface area contributed by atoms with Crippen LogP contribution in [0.1, 0.15) is 17.2 Å². The fourth-order valence-corrected chi connectivity index (χ4v) is 2.86. The molecule has 0 aromatic heterocycles. The lowest BCUT2D eigenvalue weighted by molar-refractivity contribution is -0.384. The monoisotopic (exact) mass is 384 g/mol. The second-order valence-corrected chi connectivity index (χ2v) is 6.15. The molecule has 0 radical (unpaired) electrons. The van der Waals surface area contributed by atoms with Crippen LogP contribution in [0.4, 0.5) is 11.4 Å². The number of nitrogens with zero attached hydrogens (tertiary/aromatic N) is 3. The largest absolute Gasteiger partial charge is 0.378 e. The quantitative estimate of drug-likeness (QED) is 0.444. The summed E-state index contributed by atoms with van der Waals surface area (Å²) in [6.45, 7) is 2.22. The lowest BCUT2D eigenvalue weighted by Gasteiger charge is -2.28. The van der Waals surface area contributed by atoms with Crippen LogP contribution < -0.4 is 10.3 Å². The summed E-state index contributed by atoms with van der Waals surface area (Å²) in [4.78, 5) is 24.9. The minimum atomic E-state index is -1.35. The lowest BCUT2D eigenvalue weighted by atomic mass is 10.1. The smallest absolute Gasteiger partial charge is 0.293 e. The van der Waals surface area contributed by atoms with Crippen LogP contribution in [0.15, 0.2) is 53.6 Å². The van der Waals surface area contributed by atoms with Gasteiger partial charge in [0.05, 0.1) is 24.4 Å². The highest BCUT2D eigenvalue weighted by atomic mass is 16.6. The van der Waals surface area contributed by atoms with Gasteiger partial charge >= 0.3 is 0 Å². The Morgan fingerprint density at radius 1 is 1.25 bits per heavy atom.